The predicted molar refractivity (Wildman–Crippen MR) is 159 cm³/mol. The fraction of sp³-hybridized carbons (Fsp3) is 0.394. The monoisotopic (exact) mass is 540 g/mol. The number of aromatic nitrogens is 2. The number of rotatable bonds is 11. The van der Waals surface area contributed by atoms with Crippen LogP contribution in [0.1, 0.15) is 60.0 Å². The van der Waals surface area contributed by atoms with E-state index >= 15 is 0 Å². The van der Waals surface area contributed by atoms with E-state index in [4.69, 9.17) is 4.74 Å². The van der Waals surface area contributed by atoms with Gasteiger partial charge in [0.05, 0.1) is 11.0 Å². The third-order valence-corrected chi connectivity index (χ3v) is 7.99. The maximum Gasteiger partial charge on any atom is 0.253 e. The Morgan fingerprint density at radius 1 is 1.00 bits per heavy atom. The Balaban J connectivity index is 1.16. The fourth-order valence-electron chi connectivity index (χ4n) is 5.82. The van der Waals surface area contributed by atoms with Crippen molar-refractivity contribution in [1.82, 2.24) is 19.4 Å². The number of nitrogens with zero attached hydrogens (tertiary/aromatic N) is 4. The van der Waals surface area contributed by atoms with Gasteiger partial charge >= 0.3 is 0 Å². The number of amides is 1. The Hall–Kier alpha value is -3.68. The summed E-state index contributed by atoms with van der Waals surface area (Å²) in [6.07, 6.45) is 2.76. The van der Waals surface area contributed by atoms with Crippen molar-refractivity contribution in [1.29, 1.82) is 0 Å². The average molecular weight is 541 g/mol. The maximum absolute atomic E-state index is 12.8. The molecule has 2 heterocycles. The molecule has 0 spiro atoms. The molecule has 1 fully saturated rings. The van der Waals surface area contributed by atoms with Crippen molar-refractivity contribution < 1.29 is 14.6 Å². The maximum atomic E-state index is 12.8. The molecule has 7 nitrogen and oxygen atoms in total. The normalized spacial score (nSPS) is 14.5. The van der Waals surface area contributed by atoms with Crippen LogP contribution >= 0.6 is 0 Å². The SMILES string of the molecule is CCN(CC)C(=O)c1cccc(Cc2ccccc2OCCN2CCC(n3c(CO)nc4ccccc43)CC2)c1. The van der Waals surface area contributed by atoms with E-state index in [0.29, 0.717) is 32.2 Å². The minimum atomic E-state index is -0.0430. The van der Waals surface area contributed by atoms with E-state index in [9.17, 15) is 9.90 Å². The van der Waals surface area contributed by atoms with Crippen LogP contribution < -0.4 is 4.74 Å². The summed E-state index contributed by atoms with van der Waals surface area (Å²) >= 11 is 0. The summed E-state index contributed by atoms with van der Waals surface area (Å²) in [5, 5.41) is 9.90. The van der Waals surface area contributed by atoms with Crippen LogP contribution in [-0.2, 0) is 13.0 Å². The predicted octanol–water partition coefficient (Wildman–Crippen LogP) is 5.32. The van der Waals surface area contributed by atoms with E-state index in [1.54, 1.807) is 0 Å². The van der Waals surface area contributed by atoms with Crippen LogP contribution in [0.3, 0.4) is 0 Å². The number of fused-ring (bicyclic) bond motifs is 1. The standard InChI is InChI=1S/C33H40N4O3/c1-3-36(4-2)33(39)27-12-9-10-25(23-27)22-26-11-5-8-15-31(26)40-21-20-35-18-16-28(17-19-35)37-30-14-7-6-13-29(30)34-32(37)24-38/h5-15,23,28,38H,3-4,16-22,24H2,1-2H3. The first-order valence-corrected chi connectivity index (χ1v) is 14.5. The summed E-state index contributed by atoms with van der Waals surface area (Å²) in [5.41, 5.74) is 5.01. The Bertz CT molecular complexity index is 1420. The van der Waals surface area contributed by atoms with Gasteiger partial charge in [-0.2, -0.15) is 0 Å². The van der Waals surface area contributed by atoms with Crippen molar-refractivity contribution in [2.75, 3.05) is 39.3 Å². The Kier molecular flexibility index (Phi) is 9.14. The first-order valence-electron chi connectivity index (χ1n) is 14.5. The molecule has 1 saturated heterocycles. The summed E-state index contributed by atoms with van der Waals surface area (Å²) in [7, 11) is 0. The van der Waals surface area contributed by atoms with Gasteiger partial charge in [0.15, 0.2) is 0 Å². The largest absolute Gasteiger partial charge is 0.492 e. The van der Waals surface area contributed by atoms with Crippen molar-refractivity contribution in [2.24, 2.45) is 0 Å². The van der Waals surface area contributed by atoms with E-state index < -0.39 is 0 Å². The fourth-order valence-corrected chi connectivity index (χ4v) is 5.82. The van der Waals surface area contributed by atoms with E-state index in [2.05, 4.69) is 32.7 Å². The summed E-state index contributed by atoms with van der Waals surface area (Å²) in [6.45, 7) is 8.85. The van der Waals surface area contributed by atoms with Gasteiger partial charge in [0.2, 0.25) is 0 Å². The van der Waals surface area contributed by atoms with Gasteiger partial charge in [0, 0.05) is 50.7 Å². The van der Waals surface area contributed by atoms with Crippen molar-refractivity contribution in [2.45, 2.75) is 45.8 Å². The number of hydrogen-bond acceptors (Lipinski definition) is 5. The zero-order chi connectivity index (χ0) is 27.9. The molecule has 0 atom stereocenters. The van der Waals surface area contributed by atoms with Crippen LogP contribution in [0.15, 0.2) is 72.8 Å². The first-order chi connectivity index (χ1) is 19.6. The number of benzene rings is 3. The lowest BCUT2D eigenvalue weighted by Gasteiger charge is -2.33. The average Bonchev–Trinajstić information content (AvgIpc) is 3.38. The number of hydrogen-bond donors (Lipinski definition) is 1. The van der Waals surface area contributed by atoms with Crippen LogP contribution in [0.5, 0.6) is 5.75 Å². The molecule has 0 unspecified atom stereocenters. The van der Waals surface area contributed by atoms with E-state index in [0.717, 1.165) is 71.8 Å². The minimum absolute atomic E-state index is 0.0430. The molecule has 0 bridgehead atoms. The van der Waals surface area contributed by atoms with E-state index in [1.165, 1.54) is 0 Å². The van der Waals surface area contributed by atoms with Crippen LogP contribution in [-0.4, -0.2) is 69.7 Å². The van der Waals surface area contributed by atoms with Gasteiger partial charge < -0.3 is 19.3 Å². The van der Waals surface area contributed by atoms with Crippen LogP contribution in [0.4, 0.5) is 0 Å². The second-order valence-corrected chi connectivity index (χ2v) is 10.4. The third-order valence-electron chi connectivity index (χ3n) is 7.99. The number of aliphatic hydroxyl groups is 1. The number of carbonyl (C=O) groups is 1. The van der Waals surface area contributed by atoms with Crippen LogP contribution in [0, 0.1) is 0 Å². The number of carbonyl (C=O) groups excluding carboxylic acids is 1. The Morgan fingerprint density at radius 2 is 1.75 bits per heavy atom. The number of likely N-dealkylation sites (tertiary alicyclic amines) is 1. The number of para-hydroxylation sites is 3. The second kappa shape index (κ2) is 13.1. The highest BCUT2D eigenvalue weighted by Gasteiger charge is 2.24. The van der Waals surface area contributed by atoms with Crippen molar-refractivity contribution >= 4 is 16.9 Å². The molecule has 7 heteroatoms. The lowest BCUT2D eigenvalue weighted by atomic mass is 10.0. The molecule has 210 valence electrons. The Labute approximate surface area is 237 Å². The second-order valence-electron chi connectivity index (χ2n) is 10.4. The number of ether oxygens (including phenoxy) is 1. The van der Waals surface area contributed by atoms with Crippen LogP contribution in [0.2, 0.25) is 0 Å². The van der Waals surface area contributed by atoms with Gasteiger partial charge in [0.1, 0.15) is 24.8 Å². The van der Waals surface area contributed by atoms with Gasteiger partial charge in [-0.05, 0) is 68.1 Å². The molecule has 1 aromatic heterocycles. The quantitative estimate of drug-likeness (QED) is 0.279. The van der Waals surface area contributed by atoms with E-state index in [-0.39, 0.29) is 12.5 Å². The highest BCUT2D eigenvalue weighted by atomic mass is 16.5. The number of aliphatic hydroxyl groups excluding tert-OH is 1. The van der Waals surface area contributed by atoms with Gasteiger partial charge in [-0.3, -0.25) is 9.69 Å². The molecule has 0 radical (unpaired) electrons. The summed E-state index contributed by atoms with van der Waals surface area (Å²) in [4.78, 5) is 21.8. The smallest absolute Gasteiger partial charge is 0.253 e. The van der Waals surface area contributed by atoms with Gasteiger partial charge in [0.25, 0.3) is 5.91 Å². The summed E-state index contributed by atoms with van der Waals surface area (Å²) in [6, 6.07) is 24.6. The van der Waals surface area contributed by atoms with Gasteiger partial charge in [-0.1, -0.05) is 42.5 Å². The molecule has 1 aliphatic rings. The van der Waals surface area contributed by atoms with E-state index in [1.807, 2.05) is 73.3 Å². The Morgan fingerprint density at radius 3 is 2.52 bits per heavy atom. The van der Waals surface area contributed by atoms with Crippen molar-refractivity contribution in [3.05, 3.63) is 95.3 Å². The molecular formula is C33H40N4O3. The molecular weight excluding hydrogens is 500 g/mol. The van der Waals surface area contributed by atoms with Gasteiger partial charge in [-0.15, -0.1) is 0 Å². The number of piperidine rings is 1. The molecule has 0 saturated carbocycles. The first kappa shape index (κ1) is 27.9. The minimum Gasteiger partial charge on any atom is -0.492 e. The zero-order valence-electron chi connectivity index (χ0n) is 23.6. The lowest BCUT2D eigenvalue weighted by Crippen LogP contribution is -2.37. The molecule has 1 aliphatic heterocycles. The molecule has 0 aliphatic carbocycles. The molecule has 4 aromatic rings. The zero-order valence-corrected chi connectivity index (χ0v) is 23.6. The molecule has 1 N–H and O–H groups in total. The summed E-state index contributed by atoms with van der Waals surface area (Å²) < 4.78 is 8.53. The van der Waals surface area contributed by atoms with Crippen molar-refractivity contribution in [3.8, 4) is 5.75 Å². The molecule has 5 rings (SSSR count). The highest BCUT2D eigenvalue weighted by Crippen LogP contribution is 2.29. The number of imidazole rings is 1. The lowest BCUT2D eigenvalue weighted by molar-refractivity contribution is 0.0773. The van der Waals surface area contributed by atoms with Gasteiger partial charge in [-0.25, -0.2) is 4.98 Å². The third kappa shape index (κ3) is 6.21. The molecule has 1 amide bonds. The van der Waals surface area contributed by atoms with Crippen LogP contribution in [0.25, 0.3) is 11.0 Å². The highest BCUT2D eigenvalue weighted by molar-refractivity contribution is 5.94. The molecule has 3 aromatic carbocycles. The van der Waals surface area contributed by atoms with Crippen molar-refractivity contribution in [3.63, 3.8) is 0 Å². The molecule has 40 heavy (non-hydrogen) atoms. The topological polar surface area (TPSA) is 70.8 Å². The summed E-state index contributed by atoms with van der Waals surface area (Å²) in [5.74, 6) is 1.73.